The van der Waals surface area contributed by atoms with Gasteiger partial charge in [-0.05, 0) is 38.4 Å². The summed E-state index contributed by atoms with van der Waals surface area (Å²) in [6, 6.07) is 6.98. The van der Waals surface area contributed by atoms with E-state index in [4.69, 9.17) is 9.47 Å². The number of rotatable bonds is 6. The zero-order chi connectivity index (χ0) is 19.6. The highest BCUT2D eigenvalue weighted by Gasteiger charge is 2.24. The van der Waals surface area contributed by atoms with E-state index in [1.54, 1.807) is 43.8 Å². The molecule has 0 aliphatic carbocycles. The molecule has 2 heterocycles. The number of methoxy groups -OCH3 is 2. The third kappa shape index (κ3) is 3.70. The second-order valence-electron chi connectivity index (χ2n) is 6.38. The second-order valence-corrected chi connectivity index (χ2v) is 6.38. The molecule has 8 nitrogen and oxygen atoms in total. The summed E-state index contributed by atoms with van der Waals surface area (Å²) in [5, 5.41) is 4.38. The Morgan fingerprint density at radius 2 is 1.85 bits per heavy atom. The first-order chi connectivity index (χ1) is 12.9. The summed E-state index contributed by atoms with van der Waals surface area (Å²) >= 11 is 0. The molecule has 0 aromatic heterocycles. The van der Waals surface area contributed by atoms with E-state index in [1.165, 1.54) is 11.8 Å². The van der Waals surface area contributed by atoms with Crippen molar-refractivity contribution in [3.8, 4) is 22.7 Å². The number of likely N-dealkylation sites (N-methyl/N-ethyl adjacent to an activating group) is 1. The van der Waals surface area contributed by atoms with E-state index in [2.05, 4.69) is 5.10 Å². The Kier molecular flexibility index (Phi) is 5.27. The summed E-state index contributed by atoms with van der Waals surface area (Å²) in [6.45, 7) is 1.39. The number of ether oxygens (including phenoxy) is 2. The van der Waals surface area contributed by atoms with Gasteiger partial charge in [0.25, 0.3) is 5.56 Å². The fourth-order valence-electron chi connectivity index (χ4n) is 2.76. The summed E-state index contributed by atoms with van der Waals surface area (Å²) in [5.74, 6) is 0.151. The molecule has 0 unspecified atom stereocenters. The molecule has 0 saturated heterocycles. The maximum absolute atomic E-state index is 12.9. The first kappa shape index (κ1) is 18.7. The average molecular weight is 370 g/mol. The van der Waals surface area contributed by atoms with Gasteiger partial charge in [0, 0.05) is 25.5 Å². The van der Waals surface area contributed by atoms with Crippen LogP contribution < -0.4 is 10.3 Å². The lowest BCUT2D eigenvalue weighted by Crippen LogP contribution is -2.20. The minimum atomic E-state index is -0.529. The Bertz CT molecular complexity index is 972. The highest BCUT2D eigenvalue weighted by Crippen LogP contribution is 2.23. The highest BCUT2D eigenvalue weighted by molar-refractivity contribution is 5.96. The molecule has 2 aliphatic heterocycles. The SMILES string of the molecule is COC(=O)c1cn(CCN(C)C)cc2c(=O)n(-c3ccc(OC)cc3)nc1-2. The lowest BCUT2D eigenvalue weighted by molar-refractivity contribution is 0.0600. The Morgan fingerprint density at radius 1 is 1.15 bits per heavy atom. The van der Waals surface area contributed by atoms with Crippen LogP contribution in [-0.4, -0.2) is 60.1 Å². The molecule has 1 aromatic carbocycles. The van der Waals surface area contributed by atoms with Crippen molar-refractivity contribution >= 4 is 5.97 Å². The fraction of sp³-hybridized carbons (Fsp3) is 0.316. The summed E-state index contributed by atoms with van der Waals surface area (Å²) in [5.41, 5.74) is 1.25. The third-order valence-corrected chi connectivity index (χ3v) is 4.25. The molecule has 8 heteroatoms. The molecule has 1 aromatic rings. The molecule has 142 valence electrons. The molecular weight excluding hydrogens is 348 g/mol. The molecule has 0 fully saturated rings. The first-order valence-corrected chi connectivity index (χ1v) is 8.45. The van der Waals surface area contributed by atoms with Gasteiger partial charge < -0.3 is 18.9 Å². The second kappa shape index (κ2) is 7.63. The Labute approximate surface area is 156 Å². The van der Waals surface area contributed by atoms with Gasteiger partial charge in [0.05, 0.1) is 25.5 Å². The number of fused-ring (bicyclic) bond motifs is 1. The fourth-order valence-corrected chi connectivity index (χ4v) is 2.76. The number of benzene rings is 1. The summed E-state index contributed by atoms with van der Waals surface area (Å²) in [6.07, 6.45) is 3.39. The van der Waals surface area contributed by atoms with Crippen LogP contribution in [-0.2, 0) is 11.3 Å². The molecular formula is C19H22N4O4. The van der Waals surface area contributed by atoms with Gasteiger partial charge in [-0.1, -0.05) is 0 Å². The van der Waals surface area contributed by atoms with E-state index in [-0.39, 0.29) is 11.1 Å². The number of pyridine rings is 1. The predicted octanol–water partition coefficient (Wildman–Crippen LogP) is 1.50. The molecule has 27 heavy (non-hydrogen) atoms. The van der Waals surface area contributed by atoms with Gasteiger partial charge in [-0.25, -0.2) is 4.79 Å². The minimum absolute atomic E-state index is 0.262. The van der Waals surface area contributed by atoms with Crippen molar-refractivity contribution in [1.82, 2.24) is 19.2 Å². The van der Waals surface area contributed by atoms with Crippen molar-refractivity contribution in [2.24, 2.45) is 0 Å². The standard InChI is InChI=1S/C19H22N4O4/c1-21(2)9-10-22-11-15-17(16(12-22)19(25)27-4)20-23(18(15)24)13-5-7-14(26-3)8-6-13/h5-8,11-12H,9-10H2,1-4H3. The van der Waals surface area contributed by atoms with Gasteiger partial charge in [0.2, 0.25) is 0 Å². The molecule has 0 N–H and O–H groups in total. The molecule has 3 rings (SSSR count). The van der Waals surface area contributed by atoms with Crippen LogP contribution >= 0.6 is 0 Å². The molecule has 0 radical (unpaired) electrons. The lowest BCUT2D eigenvalue weighted by Gasteiger charge is -2.14. The van der Waals surface area contributed by atoms with Crippen molar-refractivity contribution in [2.75, 3.05) is 34.9 Å². The zero-order valence-electron chi connectivity index (χ0n) is 15.8. The molecule has 0 amide bonds. The molecule has 2 aliphatic rings. The predicted molar refractivity (Wildman–Crippen MR) is 101 cm³/mol. The highest BCUT2D eigenvalue weighted by atomic mass is 16.5. The Morgan fingerprint density at radius 3 is 2.44 bits per heavy atom. The van der Waals surface area contributed by atoms with Crippen LogP contribution in [0.3, 0.4) is 0 Å². The van der Waals surface area contributed by atoms with Gasteiger partial charge >= 0.3 is 5.97 Å². The van der Waals surface area contributed by atoms with Crippen LogP contribution in [0, 0.1) is 0 Å². The van der Waals surface area contributed by atoms with Crippen molar-refractivity contribution in [2.45, 2.75) is 6.54 Å². The van der Waals surface area contributed by atoms with Gasteiger partial charge in [-0.3, -0.25) is 4.79 Å². The van der Waals surface area contributed by atoms with E-state index in [0.29, 0.717) is 29.2 Å². The third-order valence-electron chi connectivity index (χ3n) is 4.25. The quantitative estimate of drug-likeness (QED) is 0.612. The maximum atomic E-state index is 12.9. The molecule has 0 atom stereocenters. The van der Waals surface area contributed by atoms with E-state index in [9.17, 15) is 9.59 Å². The lowest BCUT2D eigenvalue weighted by atomic mass is 10.1. The molecule has 0 bridgehead atoms. The van der Waals surface area contributed by atoms with Crippen LogP contribution in [0.1, 0.15) is 10.4 Å². The summed E-state index contributed by atoms with van der Waals surface area (Å²) < 4.78 is 13.1. The number of hydrogen-bond acceptors (Lipinski definition) is 6. The number of hydrogen-bond donors (Lipinski definition) is 0. The van der Waals surface area contributed by atoms with Crippen molar-refractivity contribution in [3.63, 3.8) is 0 Å². The van der Waals surface area contributed by atoms with Gasteiger partial charge in [0.1, 0.15) is 17.0 Å². The molecule has 0 saturated carbocycles. The van der Waals surface area contributed by atoms with Crippen LogP contribution in [0.25, 0.3) is 16.9 Å². The number of carbonyl (C=O) groups excluding carboxylic acids is 1. The zero-order valence-corrected chi connectivity index (χ0v) is 15.8. The van der Waals surface area contributed by atoms with E-state index >= 15 is 0 Å². The Balaban J connectivity index is 2.14. The van der Waals surface area contributed by atoms with Gasteiger partial charge in [-0.2, -0.15) is 9.78 Å². The maximum Gasteiger partial charge on any atom is 0.341 e. The number of carbonyl (C=O) groups is 1. The van der Waals surface area contributed by atoms with Gasteiger partial charge in [0.15, 0.2) is 0 Å². The average Bonchev–Trinajstić information content (AvgIpc) is 3.02. The first-order valence-electron chi connectivity index (χ1n) is 8.45. The normalized spacial score (nSPS) is 11.1. The largest absolute Gasteiger partial charge is 0.497 e. The minimum Gasteiger partial charge on any atom is -0.497 e. The topological polar surface area (TPSA) is 78.6 Å². The molecule has 0 spiro atoms. The van der Waals surface area contributed by atoms with Gasteiger partial charge in [-0.15, -0.1) is 0 Å². The van der Waals surface area contributed by atoms with Crippen LogP contribution in [0.5, 0.6) is 5.75 Å². The Hall–Kier alpha value is -3.13. The van der Waals surface area contributed by atoms with Crippen molar-refractivity contribution < 1.29 is 14.3 Å². The van der Waals surface area contributed by atoms with Crippen molar-refractivity contribution in [3.05, 3.63) is 52.6 Å². The van der Waals surface area contributed by atoms with Crippen LogP contribution in [0.15, 0.2) is 41.5 Å². The summed E-state index contributed by atoms with van der Waals surface area (Å²) in [4.78, 5) is 27.2. The smallest absolute Gasteiger partial charge is 0.341 e. The summed E-state index contributed by atoms with van der Waals surface area (Å²) in [7, 11) is 6.80. The van der Waals surface area contributed by atoms with Crippen molar-refractivity contribution in [1.29, 1.82) is 0 Å². The number of aromatic nitrogens is 3. The van der Waals surface area contributed by atoms with Crippen LogP contribution in [0.2, 0.25) is 0 Å². The number of nitrogens with zero attached hydrogens (tertiary/aromatic N) is 4. The number of esters is 1. The monoisotopic (exact) mass is 370 g/mol. The van der Waals surface area contributed by atoms with E-state index < -0.39 is 5.97 Å². The van der Waals surface area contributed by atoms with Crippen LogP contribution in [0.4, 0.5) is 0 Å². The van der Waals surface area contributed by atoms with E-state index in [1.807, 2.05) is 23.6 Å². The van der Waals surface area contributed by atoms with E-state index in [0.717, 1.165) is 6.54 Å².